The molecule has 0 aliphatic carbocycles. The molecule has 0 spiro atoms. The van der Waals surface area contributed by atoms with Gasteiger partial charge >= 0.3 is 0 Å². The quantitative estimate of drug-likeness (QED) is 0.215. The summed E-state index contributed by atoms with van der Waals surface area (Å²) in [6, 6.07) is 20.5. The molecular weight excluding hydrogens is 609 g/mol. The molecule has 0 aliphatic rings. The van der Waals surface area contributed by atoms with Crippen molar-refractivity contribution in [1.82, 2.24) is 10.2 Å². The van der Waals surface area contributed by atoms with Crippen molar-refractivity contribution in [1.29, 1.82) is 0 Å². The Hall–Kier alpha value is -3.27. The van der Waals surface area contributed by atoms with Gasteiger partial charge in [-0.1, -0.05) is 72.6 Å². The van der Waals surface area contributed by atoms with E-state index in [1.165, 1.54) is 11.4 Å². The summed E-state index contributed by atoms with van der Waals surface area (Å²) in [6.45, 7) is 4.08. The molecule has 0 unspecified atom stereocenters. The van der Waals surface area contributed by atoms with Gasteiger partial charge in [0.25, 0.3) is 0 Å². The molecule has 2 atom stereocenters. The smallest absolute Gasteiger partial charge is 0.243 e. The Bertz CT molecular complexity index is 1490. The van der Waals surface area contributed by atoms with E-state index in [0.717, 1.165) is 18.2 Å². The van der Waals surface area contributed by atoms with Crippen molar-refractivity contribution >= 4 is 50.7 Å². The Morgan fingerprint density at radius 2 is 1.67 bits per heavy atom. The van der Waals surface area contributed by atoms with E-state index >= 15 is 0 Å². The Balaban J connectivity index is 1.91. The zero-order valence-corrected chi connectivity index (χ0v) is 27.3. The summed E-state index contributed by atoms with van der Waals surface area (Å²) < 4.78 is 31.9. The normalized spacial score (nSPS) is 12.7. The summed E-state index contributed by atoms with van der Waals surface area (Å²) >= 11 is 12.4. The predicted molar refractivity (Wildman–Crippen MR) is 173 cm³/mol. The van der Waals surface area contributed by atoms with Crippen molar-refractivity contribution in [3.05, 3.63) is 94.0 Å². The Kier molecular flexibility index (Phi) is 12.7. The second kappa shape index (κ2) is 16.0. The summed E-state index contributed by atoms with van der Waals surface area (Å²) in [6.07, 6.45) is 2.40. The van der Waals surface area contributed by atoms with Crippen molar-refractivity contribution in [2.75, 3.05) is 24.2 Å². The predicted octanol–water partition coefficient (Wildman–Crippen LogP) is 6.10. The average molecular weight is 649 g/mol. The minimum absolute atomic E-state index is 0.0131. The van der Waals surface area contributed by atoms with Crippen LogP contribution in [0.25, 0.3) is 0 Å². The molecule has 0 saturated carbocycles. The molecule has 8 nitrogen and oxygen atoms in total. The number of carbonyl (C=O) groups excluding carboxylic acids is 2. The molecule has 0 aromatic heterocycles. The summed E-state index contributed by atoms with van der Waals surface area (Å²) in [7, 11) is -2.14. The first kappa shape index (κ1) is 34.2. The number of nitrogens with zero attached hydrogens (tertiary/aromatic N) is 2. The van der Waals surface area contributed by atoms with Crippen molar-refractivity contribution in [2.24, 2.45) is 0 Å². The minimum atomic E-state index is -3.64. The Morgan fingerprint density at radius 3 is 2.30 bits per heavy atom. The number of methoxy groups -OCH3 is 1. The molecule has 0 fully saturated rings. The SMILES string of the molecule is CC[C@@H](C)NC(=O)[C@H](Cc1ccccc1)N(Cc1ccc(Cl)c(Cl)c1)C(=O)CCCN(c1cccc(OC)c1)S(C)(=O)=O. The maximum absolute atomic E-state index is 14.0. The monoisotopic (exact) mass is 647 g/mol. The molecule has 0 bridgehead atoms. The number of hydrogen-bond acceptors (Lipinski definition) is 5. The van der Waals surface area contributed by atoms with Crippen molar-refractivity contribution in [3.63, 3.8) is 0 Å². The fourth-order valence-corrected chi connectivity index (χ4v) is 5.88. The third-order valence-corrected chi connectivity index (χ3v) is 9.04. The van der Waals surface area contributed by atoms with Crippen LogP contribution in [0, 0.1) is 0 Å². The molecule has 3 aromatic carbocycles. The largest absolute Gasteiger partial charge is 0.497 e. The number of halogens is 2. The molecular formula is C32H39Cl2N3O5S. The third-order valence-electron chi connectivity index (χ3n) is 7.10. The molecule has 11 heteroatoms. The lowest BCUT2D eigenvalue weighted by molar-refractivity contribution is -0.141. The summed E-state index contributed by atoms with van der Waals surface area (Å²) in [5, 5.41) is 3.77. The lowest BCUT2D eigenvalue weighted by Gasteiger charge is -2.33. The van der Waals surface area contributed by atoms with E-state index in [9.17, 15) is 18.0 Å². The van der Waals surface area contributed by atoms with Crippen LogP contribution in [-0.2, 0) is 32.6 Å². The molecule has 0 aliphatic heterocycles. The maximum atomic E-state index is 14.0. The zero-order chi connectivity index (χ0) is 31.6. The van der Waals surface area contributed by atoms with E-state index < -0.39 is 16.1 Å². The number of benzene rings is 3. The summed E-state index contributed by atoms with van der Waals surface area (Å²) in [5.74, 6) is -0.0303. The lowest BCUT2D eigenvalue weighted by atomic mass is 10.0. The molecule has 0 radical (unpaired) electrons. The average Bonchev–Trinajstić information content (AvgIpc) is 2.98. The van der Waals surface area contributed by atoms with Crippen LogP contribution >= 0.6 is 23.2 Å². The van der Waals surface area contributed by atoms with Gasteiger partial charge in [0.15, 0.2) is 0 Å². The Morgan fingerprint density at radius 1 is 0.953 bits per heavy atom. The molecule has 0 heterocycles. The van der Waals surface area contributed by atoms with Gasteiger partial charge in [0.05, 0.1) is 29.1 Å². The lowest BCUT2D eigenvalue weighted by Crippen LogP contribution is -2.52. The number of anilines is 1. The van der Waals surface area contributed by atoms with Crippen LogP contribution in [0.2, 0.25) is 10.0 Å². The van der Waals surface area contributed by atoms with Crippen LogP contribution in [0.5, 0.6) is 5.75 Å². The summed E-state index contributed by atoms with van der Waals surface area (Å²) in [4.78, 5) is 29.2. The molecule has 0 saturated heterocycles. The van der Waals surface area contributed by atoms with E-state index in [1.807, 2.05) is 44.2 Å². The topological polar surface area (TPSA) is 96.0 Å². The van der Waals surface area contributed by atoms with Crippen LogP contribution in [0.4, 0.5) is 5.69 Å². The number of rotatable bonds is 15. The van der Waals surface area contributed by atoms with E-state index in [0.29, 0.717) is 33.5 Å². The molecule has 232 valence electrons. The van der Waals surface area contributed by atoms with Gasteiger partial charge in [-0.2, -0.15) is 0 Å². The van der Waals surface area contributed by atoms with Crippen molar-refractivity contribution in [2.45, 2.75) is 58.2 Å². The van der Waals surface area contributed by atoms with E-state index in [1.54, 1.807) is 47.4 Å². The van der Waals surface area contributed by atoms with Gasteiger partial charge in [0, 0.05) is 38.0 Å². The minimum Gasteiger partial charge on any atom is -0.497 e. The molecule has 3 rings (SSSR count). The molecule has 43 heavy (non-hydrogen) atoms. The standard InChI is InChI=1S/C32H39Cl2N3O5S/c1-5-23(2)35-32(39)30(20-24-11-7-6-8-12-24)36(22-25-16-17-28(33)29(34)19-25)31(38)15-10-18-37(43(4,40)41)26-13-9-14-27(21-26)42-3/h6-9,11-14,16-17,19,21,23,30H,5,10,15,18,20,22H2,1-4H3,(H,35,39)/t23-,30+/m1/s1. The first-order valence-electron chi connectivity index (χ1n) is 14.1. The van der Waals surface area contributed by atoms with Crippen LogP contribution in [0.15, 0.2) is 72.8 Å². The van der Waals surface area contributed by atoms with E-state index in [4.69, 9.17) is 27.9 Å². The van der Waals surface area contributed by atoms with Gasteiger partial charge in [-0.3, -0.25) is 13.9 Å². The van der Waals surface area contributed by atoms with Crippen molar-refractivity contribution in [3.8, 4) is 5.75 Å². The first-order valence-corrected chi connectivity index (χ1v) is 16.7. The zero-order valence-electron chi connectivity index (χ0n) is 24.9. The van der Waals surface area contributed by atoms with Crippen molar-refractivity contribution < 1.29 is 22.7 Å². The van der Waals surface area contributed by atoms with Gasteiger partial charge in [0.2, 0.25) is 21.8 Å². The number of amides is 2. The number of carbonyl (C=O) groups is 2. The van der Waals surface area contributed by atoms with Crippen LogP contribution < -0.4 is 14.4 Å². The highest BCUT2D eigenvalue weighted by atomic mass is 35.5. The molecule has 2 amide bonds. The van der Waals surface area contributed by atoms with E-state index in [-0.39, 0.29) is 43.8 Å². The highest BCUT2D eigenvalue weighted by Gasteiger charge is 2.31. The number of hydrogen-bond donors (Lipinski definition) is 1. The number of nitrogens with one attached hydrogen (secondary N) is 1. The van der Waals surface area contributed by atoms with Gasteiger partial charge in [0.1, 0.15) is 11.8 Å². The highest BCUT2D eigenvalue weighted by molar-refractivity contribution is 7.92. The first-order chi connectivity index (χ1) is 20.4. The molecule has 1 N–H and O–H groups in total. The van der Waals surface area contributed by atoms with Crippen LogP contribution in [0.3, 0.4) is 0 Å². The second-order valence-corrected chi connectivity index (χ2v) is 13.2. The van der Waals surface area contributed by atoms with Gasteiger partial charge in [-0.05, 0) is 55.2 Å². The van der Waals surface area contributed by atoms with Crippen LogP contribution in [-0.4, -0.2) is 57.1 Å². The van der Waals surface area contributed by atoms with Gasteiger partial charge in [-0.25, -0.2) is 8.42 Å². The van der Waals surface area contributed by atoms with Gasteiger partial charge < -0.3 is 15.0 Å². The highest BCUT2D eigenvalue weighted by Crippen LogP contribution is 2.26. The number of sulfonamides is 1. The number of ether oxygens (including phenoxy) is 1. The maximum Gasteiger partial charge on any atom is 0.243 e. The second-order valence-electron chi connectivity index (χ2n) is 10.4. The molecule has 3 aromatic rings. The third kappa shape index (κ3) is 10.2. The fraction of sp³-hybridized carbons (Fsp3) is 0.375. The van der Waals surface area contributed by atoms with E-state index in [2.05, 4.69) is 5.32 Å². The fourth-order valence-electron chi connectivity index (χ4n) is 4.60. The van der Waals surface area contributed by atoms with Crippen LogP contribution in [0.1, 0.15) is 44.2 Å². The van der Waals surface area contributed by atoms with Gasteiger partial charge in [-0.15, -0.1) is 0 Å². The Labute approximate surface area is 265 Å². The summed E-state index contributed by atoms with van der Waals surface area (Å²) in [5.41, 5.74) is 2.06.